The molecule has 1 unspecified atom stereocenters. The van der Waals surface area contributed by atoms with Crippen LogP contribution in [0.4, 0.5) is 0 Å². The van der Waals surface area contributed by atoms with E-state index in [9.17, 15) is 4.79 Å². The summed E-state index contributed by atoms with van der Waals surface area (Å²) in [6.07, 6.45) is 1.05. The second-order valence-electron chi connectivity index (χ2n) is 7.74. The molecule has 1 aliphatic rings. The first-order valence-corrected chi connectivity index (χ1v) is 10.6. The molecule has 0 spiro atoms. The Balaban J connectivity index is 1.42. The molecule has 174 valence electrons. The fourth-order valence-corrected chi connectivity index (χ4v) is 3.91. The van der Waals surface area contributed by atoms with Crippen molar-refractivity contribution < 1.29 is 28.3 Å². The zero-order valence-electron chi connectivity index (χ0n) is 19.2. The van der Waals surface area contributed by atoms with E-state index in [1.807, 2.05) is 35.2 Å². The van der Waals surface area contributed by atoms with Crippen LogP contribution < -0.4 is 18.9 Å². The third kappa shape index (κ3) is 4.87. The number of amides is 1. The maximum Gasteiger partial charge on any atom is 0.232 e. The molecule has 1 saturated heterocycles. The Morgan fingerprint density at radius 2 is 1.70 bits per heavy atom. The number of rotatable bonds is 9. The Labute approximate surface area is 192 Å². The van der Waals surface area contributed by atoms with Gasteiger partial charge in [0.2, 0.25) is 17.6 Å². The summed E-state index contributed by atoms with van der Waals surface area (Å²) in [6, 6.07) is 11.2. The van der Waals surface area contributed by atoms with Crippen LogP contribution in [0.25, 0.3) is 11.4 Å². The van der Waals surface area contributed by atoms with Crippen LogP contribution in [0.2, 0.25) is 0 Å². The van der Waals surface area contributed by atoms with Gasteiger partial charge < -0.3 is 28.4 Å². The standard InChI is InChI=1S/C24H27N3O6/c1-29-18-10-16(11-19(13-18)30-2)23-25-24(33-26-23)17-12-22(28)27(14-17)8-7-15-5-6-20(31-3)21(9-15)32-4/h5-6,9-11,13,17H,7-8,12,14H2,1-4H3. The largest absolute Gasteiger partial charge is 0.497 e. The van der Waals surface area contributed by atoms with Crippen molar-refractivity contribution in [3.8, 4) is 34.4 Å². The predicted molar refractivity (Wildman–Crippen MR) is 120 cm³/mol. The lowest BCUT2D eigenvalue weighted by atomic mass is 10.1. The van der Waals surface area contributed by atoms with Crippen molar-refractivity contribution in [3.05, 3.63) is 47.9 Å². The van der Waals surface area contributed by atoms with Crippen LogP contribution >= 0.6 is 0 Å². The molecule has 2 aromatic carbocycles. The summed E-state index contributed by atoms with van der Waals surface area (Å²) >= 11 is 0. The number of nitrogens with zero attached hydrogens (tertiary/aromatic N) is 3. The molecule has 0 radical (unpaired) electrons. The van der Waals surface area contributed by atoms with Crippen molar-refractivity contribution >= 4 is 5.91 Å². The van der Waals surface area contributed by atoms with Crippen LogP contribution in [0.15, 0.2) is 40.9 Å². The normalized spacial score (nSPS) is 15.6. The van der Waals surface area contributed by atoms with Gasteiger partial charge in [-0.15, -0.1) is 0 Å². The van der Waals surface area contributed by atoms with Crippen LogP contribution in [-0.2, 0) is 11.2 Å². The molecule has 1 aromatic heterocycles. The van der Waals surface area contributed by atoms with E-state index in [2.05, 4.69) is 10.1 Å². The van der Waals surface area contributed by atoms with E-state index in [1.54, 1.807) is 34.5 Å². The molecular formula is C24H27N3O6. The average molecular weight is 453 g/mol. The Morgan fingerprint density at radius 3 is 2.36 bits per heavy atom. The summed E-state index contributed by atoms with van der Waals surface area (Å²) in [6.45, 7) is 1.13. The van der Waals surface area contributed by atoms with Gasteiger partial charge in [-0.3, -0.25) is 4.79 Å². The van der Waals surface area contributed by atoms with Crippen molar-refractivity contribution in [1.82, 2.24) is 15.0 Å². The van der Waals surface area contributed by atoms with Gasteiger partial charge in [-0.2, -0.15) is 4.98 Å². The SMILES string of the molecule is COc1cc(OC)cc(-c2noc(C3CC(=O)N(CCc4ccc(OC)c(OC)c4)C3)n2)c1. The molecule has 1 fully saturated rings. The summed E-state index contributed by atoms with van der Waals surface area (Å²) in [5.41, 5.74) is 1.78. The molecule has 1 aliphatic heterocycles. The van der Waals surface area contributed by atoms with Gasteiger partial charge in [0.1, 0.15) is 11.5 Å². The highest BCUT2D eigenvalue weighted by Gasteiger charge is 2.34. The summed E-state index contributed by atoms with van der Waals surface area (Å²) in [4.78, 5) is 19.0. The molecule has 0 aliphatic carbocycles. The minimum Gasteiger partial charge on any atom is -0.497 e. The van der Waals surface area contributed by atoms with E-state index in [-0.39, 0.29) is 11.8 Å². The number of aromatic nitrogens is 2. The number of carbonyl (C=O) groups is 1. The Bertz CT molecular complexity index is 1110. The molecule has 9 heteroatoms. The highest BCUT2D eigenvalue weighted by atomic mass is 16.5. The Morgan fingerprint density at radius 1 is 0.970 bits per heavy atom. The maximum atomic E-state index is 12.6. The van der Waals surface area contributed by atoms with Crippen LogP contribution in [-0.4, -0.2) is 62.5 Å². The van der Waals surface area contributed by atoms with Crippen LogP contribution in [0.5, 0.6) is 23.0 Å². The maximum absolute atomic E-state index is 12.6. The summed E-state index contributed by atoms with van der Waals surface area (Å²) in [5, 5.41) is 4.11. The molecule has 1 amide bonds. The number of likely N-dealkylation sites (tertiary alicyclic amines) is 1. The van der Waals surface area contributed by atoms with E-state index in [4.69, 9.17) is 23.5 Å². The number of methoxy groups -OCH3 is 4. The van der Waals surface area contributed by atoms with Gasteiger partial charge in [-0.25, -0.2) is 0 Å². The predicted octanol–water partition coefficient (Wildman–Crippen LogP) is 3.33. The van der Waals surface area contributed by atoms with Gasteiger partial charge in [0, 0.05) is 31.1 Å². The van der Waals surface area contributed by atoms with Gasteiger partial charge in [0.05, 0.1) is 34.4 Å². The number of hydrogen-bond donors (Lipinski definition) is 0. The minimum absolute atomic E-state index is 0.0725. The highest BCUT2D eigenvalue weighted by molar-refractivity contribution is 5.79. The van der Waals surface area contributed by atoms with E-state index in [0.717, 1.165) is 11.1 Å². The third-order valence-electron chi connectivity index (χ3n) is 5.73. The fraction of sp³-hybridized carbons (Fsp3) is 0.375. The molecule has 1 atom stereocenters. The second-order valence-corrected chi connectivity index (χ2v) is 7.74. The van der Waals surface area contributed by atoms with Crippen molar-refractivity contribution in [1.29, 1.82) is 0 Å². The highest BCUT2D eigenvalue weighted by Crippen LogP contribution is 2.32. The summed E-state index contributed by atoms with van der Waals surface area (Å²) in [5.74, 6) is 3.43. The molecule has 4 rings (SSSR count). The van der Waals surface area contributed by atoms with Crippen LogP contribution in [0.3, 0.4) is 0 Å². The molecule has 0 bridgehead atoms. The summed E-state index contributed by atoms with van der Waals surface area (Å²) < 4.78 is 26.8. The van der Waals surface area contributed by atoms with Crippen molar-refractivity contribution in [2.75, 3.05) is 41.5 Å². The van der Waals surface area contributed by atoms with Crippen molar-refractivity contribution in [3.63, 3.8) is 0 Å². The minimum atomic E-state index is -0.142. The van der Waals surface area contributed by atoms with E-state index >= 15 is 0 Å². The Kier molecular flexibility index (Phi) is 6.67. The molecule has 0 N–H and O–H groups in total. The third-order valence-corrected chi connectivity index (χ3v) is 5.73. The van der Waals surface area contributed by atoms with Gasteiger partial charge in [-0.05, 0) is 36.2 Å². The van der Waals surface area contributed by atoms with Gasteiger partial charge in [0.15, 0.2) is 11.5 Å². The lowest BCUT2D eigenvalue weighted by Gasteiger charge is -2.16. The topological polar surface area (TPSA) is 96.2 Å². The Hall–Kier alpha value is -3.75. The summed E-state index contributed by atoms with van der Waals surface area (Å²) in [7, 11) is 6.38. The first-order valence-electron chi connectivity index (χ1n) is 10.6. The van der Waals surface area contributed by atoms with E-state index in [1.165, 1.54) is 0 Å². The number of carbonyl (C=O) groups excluding carboxylic acids is 1. The fourth-order valence-electron chi connectivity index (χ4n) is 3.91. The zero-order chi connectivity index (χ0) is 23.4. The van der Waals surface area contributed by atoms with Crippen molar-refractivity contribution in [2.45, 2.75) is 18.8 Å². The first-order chi connectivity index (χ1) is 16.0. The molecular weight excluding hydrogens is 426 g/mol. The lowest BCUT2D eigenvalue weighted by Crippen LogP contribution is -2.27. The second kappa shape index (κ2) is 9.81. The quantitative estimate of drug-likeness (QED) is 0.487. The van der Waals surface area contributed by atoms with Crippen LogP contribution in [0, 0.1) is 0 Å². The number of hydrogen-bond acceptors (Lipinski definition) is 8. The van der Waals surface area contributed by atoms with E-state index in [0.29, 0.717) is 60.6 Å². The number of benzene rings is 2. The van der Waals surface area contributed by atoms with Gasteiger partial charge >= 0.3 is 0 Å². The van der Waals surface area contributed by atoms with E-state index < -0.39 is 0 Å². The molecule has 2 heterocycles. The first kappa shape index (κ1) is 22.4. The average Bonchev–Trinajstić information content (AvgIpc) is 3.49. The molecule has 9 nitrogen and oxygen atoms in total. The lowest BCUT2D eigenvalue weighted by molar-refractivity contribution is -0.127. The monoisotopic (exact) mass is 453 g/mol. The van der Waals surface area contributed by atoms with Gasteiger partial charge in [0.25, 0.3) is 0 Å². The molecule has 3 aromatic rings. The molecule has 0 saturated carbocycles. The van der Waals surface area contributed by atoms with Gasteiger partial charge in [-0.1, -0.05) is 11.2 Å². The van der Waals surface area contributed by atoms with Crippen molar-refractivity contribution in [2.24, 2.45) is 0 Å². The molecule has 33 heavy (non-hydrogen) atoms. The smallest absolute Gasteiger partial charge is 0.232 e. The van der Waals surface area contributed by atoms with Crippen LogP contribution in [0.1, 0.15) is 23.8 Å². The zero-order valence-corrected chi connectivity index (χ0v) is 19.2. The number of ether oxygens (including phenoxy) is 4.